The number of carbonyl (C=O) groups is 2. The van der Waals surface area contributed by atoms with Crippen LogP contribution in [0.3, 0.4) is 0 Å². The summed E-state index contributed by atoms with van der Waals surface area (Å²) in [6, 6.07) is 0. The molecule has 0 aliphatic heterocycles. The molecule has 0 aromatic heterocycles. The number of rotatable bonds is 1. The molecular formula is C21H29BrO3. The molecule has 0 spiro atoms. The summed E-state index contributed by atoms with van der Waals surface area (Å²) in [5.74, 6) is 2.64. The lowest BCUT2D eigenvalue weighted by atomic mass is 9.46. The van der Waals surface area contributed by atoms with E-state index in [0.717, 1.165) is 23.7 Å². The van der Waals surface area contributed by atoms with E-state index >= 15 is 0 Å². The van der Waals surface area contributed by atoms with Gasteiger partial charge in [0.25, 0.3) is 0 Å². The average molecular weight is 409 g/mol. The normalized spacial score (nSPS) is 48.9. The van der Waals surface area contributed by atoms with Gasteiger partial charge >= 0.3 is 5.97 Å². The third kappa shape index (κ3) is 2.57. The Balaban J connectivity index is 1.64. The van der Waals surface area contributed by atoms with Crippen LogP contribution in [0.15, 0.2) is 10.6 Å². The molecule has 4 aliphatic carbocycles. The zero-order valence-corrected chi connectivity index (χ0v) is 17.1. The van der Waals surface area contributed by atoms with E-state index in [1.807, 2.05) is 0 Å². The van der Waals surface area contributed by atoms with Crippen LogP contribution in [0.2, 0.25) is 0 Å². The number of hydrogen-bond acceptors (Lipinski definition) is 3. The Hall–Kier alpha value is -0.640. The van der Waals surface area contributed by atoms with Gasteiger partial charge in [0.15, 0.2) is 5.78 Å². The quantitative estimate of drug-likeness (QED) is 0.571. The van der Waals surface area contributed by atoms with Gasteiger partial charge in [0, 0.05) is 18.8 Å². The summed E-state index contributed by atoms with van der Waals surface area (Å²) in [4.78, 5) is 23.7. The summed E-state index contributed by atoms with van der Waals surface area (Å²) in [6.45, 7) is 6.29. The van der Waals surface area contributed by atoms with Crippen molar-refractivity contribution >= 4 is 27.7 Å². The number of esters is 1. The number of hydrogen-bond donors (Lipinski definition) is 0. The van der Waals surface area contributed by atoms with Gasteiger partial charge in [0.2, 0.25) is 0 Å². The third-order valence-electron chi connectivity index (χ3n) is 8.32. The van der Waals surface area contributed by atoms with Crippen molar-refractivity contribution in [1.82, 2.24) is 0 Å². The van der Waals surface area contributed by atoms with Gasteiger partial charge in [-0.2, -0.15) is 0 Å². The molecule has 0 aromatic rings. The SMILES string of the molecule is CC(=O)O[C@H]1CC[C@H]2[C@@H]3CC[C@H]4CC(=O)C(Br)=C[C@]4(C)[C@H]3CC[C@]12C. The van der Waals surface area contributed by atoms with Crippen LogP contribution in [0.5, 0.6) is 0 Å². The van der Waals surface area contributed by atoms with Gasteiger partial charge in [0.1, 0.15) is 6.10 Å². The molecule has 0 unspecified atom stereocenters. The van der Waals surface area contributed by atoms with Crippen molar-refractivity contribution in [3.05, 3.63) is 10.6 Å². The van der Waals surface area contributed by atoms with E-state index in [-0.39, 0.29) is 28.7 Å². The van der Waals surface area contributed by atoms with E-state index in [0.29, 0.717) is 30.1 Å². The first kappa shape index (κ1) is 17.8. The van der Waals surface area contributed by atoms with Gasteiger partial charge in [-0.15, -0.1) is 0 Å². The Labute approximate surface area is 159 Å². The first-order chi connectivity index (χ1) is 11.8. The zero-order chi connectivity index (χ0) is 18.0. The van der Waals surface area contributed by atoms with E-state index < -0.39 is 0 Å². The highest BCUT2D eigenvalue weighted by Gasteiger charge is 2.60. The average Bonchev–Trinajstić information content (AvgIpc) is 2.85. The van der Waals surface area contributed by atoms with Crippen molar-refractivity contribution in [2.24, 2.45) is 34.5 Å². The fraction of sp³-hybridized carbons (Fsp3) is 0.810. The van der Waals surface area contributed by atoms with Crippen LogP contribution in [-0.2, 0) is 14.3 Å². The van der Waals surface area contributed by atoms with Crippen LogP contribution in [-0.4, -0.2) is 17.9 Å². The number of ether oxygens (including phenoxy) is 1. The molecule has 3 saturated carbocycles. The number of allylic oxidation sites excluding steroid dienone is 2. The summed E-state index contributed by atoms with van der Waals surface area (Å²) >= 11 is 3.53. The van der Waals surface area contributed by atoms with E-state index in [4.69, 9.17) is 4.74 Å². The van der Waals surface area contributed by atoms with Gasteiger partial charge in [0.05, 0.1) is 4.48 Å². The van der Waals surface area contributed by atoms with Crippen molar-refractivity contribution in [2.75, 3.05) is 0 Å². The Kier molecular flexibility index (Phi) is 4.22. The maximum Gasteiger partial charge on any atom is 0.302 e. The minimum atomic E-state index is -0.137. The van der Waals surface area contributed by atoms with Gasteiger partial charge in [-0.3, -0.25) is 9.59 Å². The number of Topliss-reactive ketones (excluding diaryl/α,β-unsaturated/α-hetero) is 1. The summed E-state index contributed by atoms with van der Waals surface area (Å²) in [7, 11) is 0. The molecule has 0 aromatic carbocycles. The summed E-state index contributed by atoms with van der Waals surface area (Å²) in [5, 5.41) is 0. The maximum absolute atomic E-state index is 12.2. The van der Waals surface area contributed by atoms with Crippen molar-refractivity contribution in [1.29, 1.82) is 0 Å². The van der Waals surface area contributed by atoms with Gasteiger partial charge in [-0.05, 0) is 83.5 Å². The lowest BCUT2D eigenvalue weighted by Crippen LogP contribution is -2.53. The van der Waals surface area contributed by atoms with E-state index in [1.54, 1.807) is 0 Å². The Bertz CT molecular complexity index is 641. The van der Waals surface area contributed by atoms with Crippen LogP contribution < -0.4 is 0 Å². The van der Waals surface area contributed by atoms with Crippen LogP contribution in [0.25, 0.3) is 0 Å². The Morgan fingerprint density at radius 3 is 2.64 bits per heavy atom. The van der Waals surface area contributed by atoms with Crippen molar-refractivity contribution in [3.8, 4) is 0 Å². The van der Waals surface area contributed by atoms with Gasteiger partial charge in [-0.25, -0.2) is 0 Å². The largest absolute Gasteiger partial charge is 0.462 e. The number of fused-ring (bicyclic) bond motifs is 5. The second-order valence-electron chi connectivity index (χ2n) is 9.36. The molecule has 4 heteroatoms. The zero-order valence-electron chi connectivity index (χ0n) is 15.5. The second-order valence-corrected chi connectivity index (χ2v) is 10.2. The molecule has 0 bridgehead atoms. The van der Waals surface area contributed by atoms with Crippen molar-refractivity contribution in [2.45, 2.75) is 71.8 Å². The lowest BCUT2D eigenvalue weighted by molar-refractivity contribution is -0.158. The molecule has 0 N–H and O–H groups in total. The fourth-order valence-electron chi connectivity index (χ4n) is 7.04. The number of halogens is 1. The van der Waals surface area contributed by atoms with Crippen LogP contribution in [0, 0.1) is 34.5 Å². The minimum Gasteiger partial charge on any atom is -0.462 e. The second kappa shape index (κ2) is 5.94. The van der Waals surface area contributed by atoms with Crippen LogP contribution >= 0.6 is 15.9 Å². The van der Waals surface area contributed by atoms with Crippen LogP contribution in [0.1, 0.15) is 65.7 Å². The summed E-state index contributed by atoms with van der Waals surface area (Å²) in [5.41, 5.74) is 0.276. The Morgan fingerprint density at radius 2 is 1.92 bits per heavy atom. The lowest BCUT2D eigenvalue weighted by Gasteiger charge is -2.58. The molecule has 138 valence electrons. The van der Waals surface area contributed by atoms with Gasteiger partial charge in [-0.1, -0.05) is 19.9 Å². The Morgan fingerprint density at radius 1 is 1.16 bits per heavy atom. The molecule has 3 nitrogen and oxygen atoms in total. The van der Waals surface area contributed by atoms with Gasteiger partial charge < -0.3 is 4.74 Å². The summed E-state index contributed by atoms with van der Waals surface area (Å²) in [6.07, 6.45) is 9.96. The highest BCUT2D eigenvalue weighted by Crippen LogP contribution is 2.65. The first-order valence-electron chi connectivity index (χ1n) is 9.84. The van der Waals surface area contributed by atoms with E-state index in [1.165, 1.54) is 26.2 Å². The molecule has 0 heterocycles. The number of carbonyl (C=O) groups excluding carboxylic acids is 2. The van der Waals surface area contributed by atoms with Crippen LogP contribution in [0.4, 0.5) is 0 Å². The van der Waals surface area contributed by atoms with E-state index in [9.17, 15) is 9.59 Å². The van der Waals surface area contributed by atoms with Crippen molar-refractivity contribution < 1.29 is 14.3 Å². The summed E-state index contributed by atoms with van der Waals surface area (Å²) < 4.78 is 6.52. The predicted octanol–water partition coefficient (Wildman–Crippen LogP) is 5.03. The fourth-order valence-corrected chi connectivity index (χ4v) is 7.69. The molecule has 0 amide bonds. The topological polar surface area (TPSA) is 43.4 Å². The highest BCUT2D eigenvalue weighted by atomic mass is 79.9. The molecule has 0 saturated heterocycles. The number of ketones is 1. The molecule has 7 atom stereocenters. The van der Waals surface area contributed by atoms with Crippen molar-refractivity contribution in [3.63, 3.8) is 0 Å². The van der Waals surface area contributed by atoms with E-state index in [2.05, 4.69) is 35.9 Å². The predicted molar refractivity (Wildman–Crippen MR) is 100 cm³/mol. The molecular weight excluding hydrogens is 380 g/mol. The standard InChI is InChI=1S/C21H29BrO3/c1-12(23)25-19-7-6-15-14-5-4-13-10-18(24)17(22)11-21(13,3)16(14)8-9-20(15,19)2/h11,13-16,19H,4-10H2,1-3H3/t13-,14-,15-,16-,19-,20-,21-/m0/s1. The molecule has 25 heavy (non-hydrogen) atoms. The molecule has 3 fully saturated rings. The molecule has 0 radical (unpaired) electrons. The minimum absolute atomic E-state index is 0.0942. The molecule has 4 rings (SSSR count). The highest BCUT2D eigenvalue weighted by molar-refractivity contribution is 9.12. The monoisotopic (exact) mass is 408 g/mol. The molecule has 4 aliphatic rings. The smallest absolute Gasteiger partial charge is 0.302 e. The third-order valence-corrected chi connectivity index (χ3v) is 8.99. The maximum atomic E-state index is 12.2. The first-order valence-corrected chi connectivity index (χ1v) is 10.6.